The van der Waals surface area contributed by atoms with E-state index in [2.05, 4.69) is 10.1 Å². The highest BCUT2D eigenvalue weighted by Gasteiger charge is 2.19. The smallest absolute Gasteiger partial charge is 0.129 e. The van der Waals surface area contributed by atoms with E-state index in [1.54, 1.807) is 6.07 Å². The lowest BCUT2D eigenvalue weighted by Gasteiger charge is -2.16. The molecule has 2 aromatic rings. The van der Waals surface area contributed by atoms with Crippen molar-refractivity contribution in [2.75, 3.05) is 0 Å². The molecule has 4 nitrogen and oxygen atoms in total. The number of nitrogens with zero attached hydrogens (tertiary/aromatic N) is 3. The molecule has 1 atom stereocenters. The maximum absolute atomic E-state index is 11.5. The van der Waals surface area contributed by atoms with Crippen molar-refractivity contribution in [1.82, 2.24) is 14.8 Å². The summed E-state index contributed by atoms with van der Waals surface area (Å²) in [6, 6.07) is 3.78. The van der Waals surface area contributed by atoms with Crippen molar-refractivity contribution in [3.05, 3.63) is 45.5 Å². The van der Waals surface area contributed by atoms with E-state index in [1.807, 2.05) is 38.4 Å². The van der Waals surface area contributed by atoms with E-state index in [4.69, 9.17) is 11.6 Å². The molecule has 0 saturated heterocycles. The summed E-state index contributed by atoms with van der Waals surface area (Å²) in [6.07, 6.45) is 0.918. The van der Waals surface area contributed by atoms with Crippen LogP contribution in [0.4, 0.5) is 0 Å². The largest absolute Gasteiger partial charge is 0.303 e. The number of aryl methyl sites for hydroxylation is 4. The summed E-state index contributed by atoms with van der Waals surface area (Å²) in [5.74, 6) is -0.339. The molecule has 0 aliphatic rings. The second-order valence-corrected chi connectivity index (χ2v) is 5.50. The van der Waals surface area contributed by atoms with E-state index in [9.17, 15) is 4.79 Å². The second kappa shape index (κ2) is 5.75. The molecule has 0 aromatic carbocycles. The number of hydrogen-bond donors (Lipinski definition) is 0. The lowest BCUT2D eigenvalue weighted by molar-refractivity contribution is -0.109. The predicted octanol–water partition coefficient (Wildman–Crippen LogP) is 3.15. The van der Waals surface area contributed by atoms with Gasteiger partial charge in [0.05, 0.1) is 18.2 Å². The number of rotatable bonds is 4. The molecule has 0 aliphatic heterocycles. The average molecular weight is 292 g/mol. The van der Waals surface area contributed by atoms with E-state index in [0.717, 1.165) is 34.6 Å². The van der Waals surface area contributed by atoms with Gasteiger partial charge in [-0.1, -0.05) is 11.6 Å². The maximum atomic E-state index is 11.5. The van der Waals surface area contributed by atoms with Crippen LogP contribution in [-0.2, 0) is 11.3 Å². The predicted molar refractivity (Wildman–Crippen MR) is 79.2 cm³/mol. The number of hydrogen-bond acceptors (Lipinski definition) is 3. The molecular formula is C15H18ClN3O. The summed E-state index contributed by atoms with van der Waals surface area (Å²) >= 11 is 6.29. The van der Waals surface area contributed by atoms with Crippen molar-refractivity contribution in [3.63, 3.8) is 0 Å². The molecule has 5 heteroatoms. The third-order valence-electron chi connectivity index (χ3n) is 3.33. The molecule has 0 fully saturated rings. The van der Waals surface area contributed by atoms with E-state index in [-0.39, 0.29) is 5.92 Å². The van der Waals surface area contributed by atoms with E-state index < -0.39 is 0 Å². The van der Waals surface area contributed by atoms with Crippen molar-refractivity contribution < 1.29 is 4.79 Å². The van der Waals surface area contributed by atoms with Crippen LogP contribution in [-0.4, -0.2) is 21.1 Å². The Morgan fingerprint density at radius 1 is 1.25 bits per heavy atom. The van der Waals surface area contributed by atoms with E-state index in [1.165, 1.54) is 0 Å². The van der Waals surface area contributed by atoms with Crippen LogP contribution in [0, 0.1) is 27.7 Å². The average Bonchev–Trinajstić information content (AvgIpc) is 2.65. The molecule has 0 radical (unpaired) electrons. The Labute approximate surface area is 123 Å². The fourth-order valence-electron chi connectivity index (χ4n) is 2.48. The van der Waals surface area contributed by atoms with Gasteiger partial charge < -0.3 is 4.79 Å². The first-order chi connectivity index (χ1) is 9.42. The molecule has 0 saturated carbocycles. The van der Waals surface area contributed by atoms with Crippen LogP contribution >= 0.6 is 11.6 Å². The topological polar surface area (TPSA) is 47.8 Å². The SMILES string of the molecule is Cc1cc(Cl)c(C(C=O)Cn2nc(C)cc2C)c(C)n1. The number of carbonyl (C=O) groups is 1. The first-order valence-electron chi connectivity index (χ1n) is 6.52. The molecule has 2 aromatic heterocycles. The normalized spacial score (nSPS) is 12.4. The molecule has 1 unspecified atom stereocenters. The van der Waals surface area contributed by atoms with Gasteiger partial charge in [-0.2, -0.15) is 5.10 Å². The van der Waals surface area contributed by atoms with Crippen LogP contribution in [0.3, 0.4) is 0 Å². The van der Waals surface area contributed by atoms with Gasteiger partial charge in [-0.15, -0.1) is 0 Å². The maximum Gasteiger partial charge on any atom is 0.129 e. The van der Waals surface area contributed by atoms with Crippen LogP contribution in [0.2, 0.25) is 5.02 Å². The molecule has 20 heavy (non-hydrogen) atoms. The molecule has 0 N–H and O–H groups in total. The first-order valence-corrected chi connectivity index (χ1v) is 6.90. The Balaban J connectivity index is 2.38. The summed E-state index contributed by atoms with van der Waals surface area (Å²) in [5, 5.41) is 4.99. The Morgan fingerprint density at radius 3 is 2.45 bits per heavy atom. The van der Waals surface area contributed by atoms with Gasteiger partial charge in [-0.3, -0.25) is 9.67 Å². The van der Waals surface area contributed by atoms with Crippen molar-refractivity contribution in [3.8, 4) is 0 Å². The highest BCUT2D eigenvalue weighted by molar-refractivity contribution is 6.31. The number of pyridine rings is 1. The highest BCUT2D eigenvalue weighted by atomic mass is 35.5. The summed E-state index contributed by atoms with van der Waals surface area (Å²) in [7, 11) is 0. The summed E-state index contributed by atoms with van der Waals surface area (Å²) < 4.78 is 1.84. The Hall–Kier alpha value is -1.68. The lowest BCUT2D eigenvalue weighted by Crippen LogP contribution is -2.15. The van der Waals surface area contributed by atoms with Crippen LogP contribution in [0.1, 0.15) is 34.3 Å². The molecule has 2 rings (SSSR count). The zero-order valence-electron chi connectivity index (χ0n) is 12.1. The van der Waals surface area contributed by atoms with Gasteiger partial charge >= 0.3 is 0 Å². The summed E-state index contributed by atoms with van der Waals surface area (Å²) in [4.78, 5) is 15.9. The van der Waals surface area contributed by atoms with Crippen molar-refractivity contribution >= 4 is 17.9 Å². The van der Waals surface area contributed by atoms with Gasteiger partial charge in [0.15, 0.2) is 0 Å². The van der Waals surface area contributed by atoms with Gasteiger partial charge in [-0.25, -0.2) is 0 Å². The number of aromatic nitrogens is 3. The molecule has 2 heterocycles. The van der Waals surface area contributed by atoms with Crippen LogP contribution in [0.25, 0.3) is 0 Å². The molecule has 0 bridgehead atoms. The monoisotopic (exact) mass is 291 g/mol. The zero-order valence-corrected chi connectivity index (χ0v) is 12.9. The Kier molecular flexibility index (Phi) is 4.23. The quantitative estimate of drug-likeness (QED) is 0.813. The van der Waals surface area contributed by atoms with E-state index in [0.29, 0.717) is 11.6 Å². The minimum atomic E-state index is -0.339. The van der Waals surface area contributed by atoms with Gasteiger partial charge in [-0.05, 0) is 39.8 Å². The number of aldehydes is 1. The minimum Gasteiger partial charge on any atom is -0.303 e. The third-order valence-corrected chi connectivity index (χ3v) is 3.65. The van der Waals surface area contributed by atoms with Crippen LogP contribution in [0.15, 0.2) is 12.1 Å². The molecule has 106 valence electrons. The van der Waals surface area contributed by atoms with Crippen molar-refractivity contribution in [2.24, 2.45) is 0 Å². The fourth-order valence-corrected chi connectivity index (χ4v) is 2.92. The van der Waals surface area contributed by atoms with Crippen LogP contribution in [0.5, 0.6) is 0 Å². The molecule has 0 amide bonds. The zero-order chi connectivity index (χ0) is 14.9. The summed E-state index contributed by atoms with van der Waals surface area (Å²) in [5.41, 5.74) is 4.42. The van der Waals surface area contributed by atoms with Gasteiger partial charge in [0.2, 0.25) is 0 Å². The van der Waals surface area contributed by atoms with Gasteiger partial charge in [0, 0.05) is 27.7 Å². The Morgan fingerprint density at radius 2 is 1.95 bits per heavy atom. The van der Waals surface area contributed by atoms with Crippen molar-refractivity contribution in [1.29, 1.82) is 0 Å². The Bertz CT molecular complexity index is 626. The fraction of sp³-hybridized carbons (Fsp3) is 0.400. The van der Waals surface area contributed by atoms with Crippen LogP contribution < -0.4 is 0 Å². The lowest BCUT2D eigenvalue weighted by atomic mass is 9.98. The molecule has 0 spiro atoms. The highest BCUT2D eigenvalue weighted by Crippen LogP contribution is 2.28. The van der Waals surface area contributed by atoms with Crippen molar-refractivity contribution in [2.45, 2.75) is 40.2 Å². The number of carbonyl (C=O) groups excluding carboxylic acids is 1. The third kappa shape index (κ3) is 2.90. The summed E-state index contributed by atoms with van der Waals surface area (Å²) in [6.45, 7) is 8.16. The van der Waals surface area contributed by atoms with Gasteiger partial charge in [0.1, 0.15) is 6.29 Å². The first kappa shape index (κ1) is 14.7. The van der Waals surface area contributed by atoms with E-state index >= 15 is 0 Å². The molecule has 0 aliphatic carbocycles. The van der Waals surface area contributed by atoms with Gasteiger partial charge in [0.25, 0.3) is 0 Å². The standard InChI is InChI=1S/C15H18ClN3O/c1-9-6-14(16)15(12(4)17-9)13(8-20)7-19-11(3)5-10(2)18-19/h5-6,8,13H,7H2,1-4H3. The second-order valence-electron chi connectivity index (χ2n) is 5.10. The molecular weight excluding hydrogens is 274 g/mol. The number of halogens is 1. The minimum absolute atomic E-state index is 0.339.